The first-order valence-corrected chi connectivity index (χ1v) is 8.61. The molecule has 1 aromatic carbocycles. The lowest BCUT2D eigenvalue weighted by molar-refractivity contribution is 0.0946. The molecule has 2 heterocycles. The van der Waals surface area contributed by atoms with Crippen LogP contribution in [0, 0.1) is 5.82 Å². The molecular formula is C19H23FN4O. The van der Waals surface area contributed by atoms with Gasteiger partial charge in [-0.2, -0.15) is 0 Å². The molecule has 1 N–H and O–H groups in total. The van der Waals surface area contributed by atoms with Crippen molar-refractivity contribution in [1.29, 1.82) is 0 Å². The van der Waals surface area contributed by atoms with Gasteiger partial charge in [-0.15, -0.1) is 0 Å². The maximum atomic E-state index is 12.9. The Hall–Kier alpha value is -2.47. The highest BCUT2D eigenvalue weighted by molar-refractivity contribution is 5.92. The van der Waals surface area contributed by atoms with Crippen molar-refractivity contribution < 1.29 is 9.18 Å². The van der Waals surface area contributed by atoms with E-state index in [4.69, 9.17) is 0 Å². The zero-order valence-electron chi connectivity index (χ0n) is 14.4. The maximum Gasteiger partial charge on any atom is 0.270 e. The Balaban J connectivity index is 1.54. The van der Waals surface area contributed by atoms with Crippen molar-refractivity contribution >= 4 is 11.6 Å². The van der Waals surface area contributed by atoms with Crippen LogP contribution < -0.4 is 10.2 Å². The molecule has 1 amide bonds. The molecule has 1 aliphatic rings. The van der Waals surface area contributed by atoms with Crippen LogP contribution in [-0.4, -0.2) is 48.5 Å². The van der Waals surface area contributed by atoms with Crippen molar-refractivity contribution in [3.8, 4) is 0 Å². The number of aromatic nitrogens is 1. The monoisotopic (exact) mass is 342 g/mol. The molecular weight excluding hydrogens is 319 g/mol. The zero-order chi connectivity index (χ0) is 17.6. The predicted octanol–water partition coefficient (Wildman–Crippen LogP) is 2.29. The van der Waals surface area contributed by atoms with E-state index in [1.807, 2.05) is 6.07 Å². The van der Waals surface area contributed by atoms with E-state index in [2.05, 4.69) is 27.0 Å². The van der Waals surface area contributed by atoms with Crippen molar-refractivity contribution in [3.63, 3.8) is 0 Å². The van der Waals surface area contributed by atoms with Crippen molar-refractivity contribution in [2.24, 2.45) is 0 Å². The summed E-state index contributed by atoms with van der Waals surface area (Å²) >= 11 is 0. The van der Waals surface area contributed by atoms with Gasteiger partial charge in [-0.25, -0.2) is 9.37 Å². The lowest BCUT2D eigenvalue weighted by Gasteiger charge is -2.35. The van der Waals surface area contributed by atoms with Gasteiger partial charge < -0.3 is 15.1 Å². The third kappa shape index (κ3) is 4.54. The number of piperazine rings is 1. The Morgan fingerprint density at radius 3 is 2.44 bits per heavy atom. The number of benzene rings is 1. The summed E-state index contributed by atoms with van der Waals surface area (Å²) in [5.74, 6) is -0.515. The highest BCUT2D eigenvalue weighted by atomic mass is 19.1. The summed E-state index contributed by atoms with van der Waals surface area (Å²) in [4.78, 5) is 21.2. The number of anilines is 1. The Kier molecular flexibility index (Phi) is 5.60. The van der Waals surface area contributed by atoms with Gasteiger partial charge in [-0.1, -0.05) is 19.1 Å². The minimum atomic E-state index is -0.285. The minimum absolute atomic E-state index is 0.230. The molecule has 1 aliphatic heterocycles. The van der Waals surface area contributed by atoms with Crippen LogP contribution in [0.5, 0.6) is 0 Å². The average Bonchev–Trinajstić information content (AvgIpc) is 2.67. The summed E-state index contributed by atoms with van der Waals surface area (Å²) in [5, 5.41) is 2.80. The molecule has 1 aromatic heterocycles. The molecule has 1 saturated heterocycles. The van der Waals surface area contributed by atoms with Crippen LogP contribution in [0.15, 0.2) is 42.6 Å². The number of nitrogens with zero attached hydrogens (tertiary/aromatic N) is 3. The van der Waals surface area contributed by atoms with Gasteiger partial charge in [0, 0.05) is 32.7 Å². The molecule has 0 spiro atoms. The number of pyridine rings is 1. The van der Waals surface area contributed by atoms with E-state index >= 15 is 0 Å². The Labute approximate surface area is 147 Å². The SMILES string of the molecule is CCN1CCN(c2ccc(C(=O)NCc3ccc(F)cc3)nc2)CC1. The first-order valence-electron chi connectivity index (χ1n) is 8.61. The minimum Gasteiger partial charge on any atom is -0.368 e. The Bertz CT molecular complexity index is 694. The molecule has 0 saturated carbocycles. The van der Waals surface area contributed by atoms with Gasteiger partial charge in [0.2, 0.25) is 0 Å². The highest BCUT2D eigenvalue weighted by Gasteiger charge is 2.16. The van der Waals surface area contributed by atoms with Gasteiger partial charge in [-0.3, -0.25) is 4.79 Å². The van der Waals surface area contributed by atoms with Crippen LogP contribution in [0.4, 0.5) is 10.1 Å². The second kappa shape index (κ2) is 8.07. The summed E-state index contributed by atoms with van der Waals surface area (Å²) in [6, 6.07) is 9.77. The van der Waals surface area contributed by atoms with Crippen molar-refractivity contribution in [2.75, 3.05) is 37.6 Å². The van der Waals surface area contributed by atoms with E-state index < -0.39 is 0 Å². The average molecular weight is 342 g/mol. The fourth-order valence-corrected chi connectivity index (χ4v) is 2.90. The van der Waals surface area contributed by atoms with Crippen LogP contribution in [0.2, 0.25) is 0 Å². The molecule has 2 aromatic rings. The highest BCUT2D eigenvalue weighted by Crippen LogP contribution is 2.15. The van der Waals surface area contributed by atoms with Crippen molar-refractivity contribution in [2.45, 2.75) is 13.5 Å². The van der Waals surface area contributed by atoms with Gasteiger partial charge in [0.05, 0.1) is 11.9 Å². The molecule has 0 radical (unpaired) electrons. The first kappa shape index (κ1) is 17.4. The number of halogens is 1. The molecule has 0 aliphatic carbocycles. The van der Waals surface area contributed by atoms with Crippen molar-refractivity contribution in [1.82, 2.24) is 15.2 Å². The van der Waals surface area contributed by atoms with Gasteiger partial charge in [0.25, 0.3) is 5.91 Å². The van der Waals surface area contributed by atoms with Gasteiger partial charge in [0.1, 0.15) is 11.5 Å². The largest absolute Gasteiger partial charge is 0.368 e. The molecule has 0 bridgehead atoms. The third-order valence-corrected chi connectivity index (χ3v) is 4.53. The number of carbonyl (C=O) groups is 1. The predicted molar refractivity (Wildman–Crippen MR) is 96.1 cm³/mol. The number of hydrogen-bond donors (Lipinski definition) is 1. The van der Waals surface area contributed by atoms with Crippen LogP contribution >= 0.6 is 0 Å². The molecule has 0 unspecified atom stereocenters. The fraction of sp³-hybridized carbons (Fsp3) is 0.368. The maximum absolute atomic E-state index is 12.9. The summed E-state index contributed by atoms with van der Waals surface area (Å²) in [6.45, 7) is 7.67. The number of hydrogen-bond acceptors (Lipinski definition) is 4. The second-order valence-electron chi connectivity index (χ2n) is 6.13. The Morgan fingerprint density at radius 2 is 1.84 bits per heavy atom. The number of nitrogens with one attached hydrogen (secondary N) is 1. The van der Waals surface area contributed by atoms with Gasteiger partial charge in [-0.05, 0) is 36.4 Å². The quantitative estimate of drug-likeness (QED) is 0.906. The van der Waals surface area contributed by atoms with Crippen LogP contribution in [-0.2, 0) is 6.54 Å². The topological polar surface area (TPSA) is 48.5 Å². The summed E-state index contributed by atoms with van der Waals surface area (Å²) < 4.78 is 12.9. The molecule has 25 heavy (non-hydrogen) atoms. The lowest BCUT2D eigenvalue weighted by atomic mass is 10.2. The van der Waals surface area contributed by atoms with Crippen LogP contribution in [0.25, 0.3) is 0 Å². The van der Waals surface area contributed by atoms with Crippen LogP contribution in [0.3, 0.4) is 0 Å². The normalized spacial score (nSPS) is 15.2. The molecule has 6 heteroatoms. The molecule has 3 rings (SSSR count). The van der Waals surface area contributed by atoms with E-state index in [-0.39, 0.29) is 11.7 Å². The smallest absolute Gasteiger partial charge is 0.270 e. The lowest BCUT2D eigenvalue weighted by Crippen LogP contribution is -2.46. The van der Waals surface area contributed by atoms with E-state index in [0.29, 0.717) is 12.2 Å². The van der Waals surface area contributed by atoms with E-state index in [0.717, 1.165) is 44.0 Å². The molecule has 0 atom stereocenters. The van der Waals surface area contributed by atoms with E-state index in [9.17, 15) is 9.18 Å². The number of carbonyl (C=O) groups excluding carboxylic acids is 1. The van der Waals surface area contributed by atoms with Gasteiger partial charge >= 0.3 is 0 Å². The second-order valence-corrected chi connectivity index (χ2v) is 6.13. The summed E-state index contributed by atoms with van der Waals surface area (Å²) in [5.41, 5.74) is 2.28. The summed E-state index contributed by atoms with van der Waals surface area (Å²) in [7, 11) is 0. The number of amides is 1. The fourth-order valence-electron chi connectivity index (χ4n) is 2.90. The summed E-state index contributed by atoms with van der Waals surface area (Å²) in [6.07, 6.45) is 1.76. The first-order chi connectivity index (χ1) is 12.2. The third-order valence-electron chi connectivity index (χ3n) is 4.53. The van der Waals surface area contributed by atoms with Crippen LogP contribution in [0.1, 0.15) is 23.0 Å². The number of rotatable bonds is 5. The molecule has 132 valence electrons. The zero-order valence-corrected chi connectivity index (χ0v) is 14.4. The van der Waals surface area contributed by atoms with E-state index in [1.165, 1.54) is 12.1 Å². The Morgan fingerprint density at radius 1 is 1.12 bits per heavy atom. The molecule has 1 fully saturated rings. The van der Waals surface area contributed by atoms with Gasteiger partial charge in [0.15, 0.2) is 0 Å². The standard InChI is InChI=1S/C19H23FN4O/c1-2-23-9-11-24(12-10-23)17-7-8-18(21-14-17)19(25)22-13-15-3-5-16(20)6-4-15/h3-8,14H,2,9-13H2,1H3,(H,22,25). The molecule has 5 nitrogen and oxygen atoms in total. The number of likely N-dealkylation sites (N-methyl/N-ethyl adjacent to an activating group) is 1. The van der Waals surface area contributed by atoms with Crippen molar-refractivity contribution in [3.05, 3.63) is 59.7 Å². The van der Waals surface area contributed by atoms with E-state index in [1.54, 1.807) is 24.4 Å².